The van der Waals surface area contributed by atoms with Crippen molar-refractivity contribution >= 4 is 28.1 Å². The van der Waals surface area contributed by atoms with Crippen LogP contribution in [0, 0.1) is 21.4 Å². The SMILES string of the molecule is CCN(CCC#N)c1ccc(N=Nc2nn([N+](=O)[O-])c3ccccc23)cc1. The van der Waals surface area contributed by atoms with E-state index in [-0.39, 0.29) is 5.82 Å². The second-order valence-electron chi connectivity index (χ2n) is 5.67. The first-order chi connectivity index (χ1) is 13.1. The van der Waals surface area contributed by atoms with Gasteiger partial charge in [-0.25, -0.2) is 0 Å². The summed E-state index contributed by atoms with van der Waals surface area (Å²) in [5.41, 5.74) is 1.97. The van der Waals surface area contributed by atoms with E-state index in [1.54, 1.807) is 36.4 Å². The molecule has 1 aromatic heterocycles. The van der Waals surface area contributed by atoms with Crippen LogP contribution < -0.4 is 4.90 Å². The van der Waals surface area contributed by atoms with Crippen molar-refractivity contribution in [3.8, 4) is 6.07 Å². The Morgan fingerprint density at radius 1 is 1.22 bits per heavy atom. The largest absolute Gasteiger partial charge is 0.371 e. The third kappa shape index (κ3) is 3.90. The van der Waals surface area contributed by atoms with Gasteiger partial charge in [-0.3, -0.25) is 0 Å². The number of rotatable bonds is 7. The lowest BCUT2D eigenvalue weighted by molar-refractivity contribution is -0.548. The summed E-state index contributed by atoms with van der Waals surface area (Å²) >= 11 is 0. The van der Waals surface area contributed by atoms with Crippen LogP contribution in [0.4, 0.5) is 17.2 Å². The normalized spacial score (nSPS) is 11.0. The molecule has 0 saturated heterocycles. The Balaban J connectivity index is 1.84. The topological polar surface area (TPSA) is 113 Å². The van der Waals surface area contributed by atoms with Gasteiger partial charge in [-0.1, -0.05) is 17.2 Å². The van der Waals surface area contributed by atoms with Crippen LogP contribution in [-0.2, 0) is 0 Å². The molecular formula is C18H17N7O2. The zero-order chi connectivity index (χ0) is 19.2. The van der Waals surface area contributed by atoms with Crippen molar-refractivity contribution in [2.24, 2.45) is 10.2 Å². The fraction of sp³-hybridized carbons (Fsp3) is 0.222. The molecule has 0 unspecified atom stereocenters. The second-order valence-corrected chi connectivity index (χ2v) is 5.67. The van der Waals surface area contributed by atoms with E-state index in [1.165, 1.54) is 0 Å². The van der Waals surface area contributed by atoms with Gasteiger partial charge in [0.15, 0.2) is 0 Å². The Hall–Kier alpha value is -3.80. The molecule has 0 N–H and O–H groups in total. The number of nitro groups is 1. The highest BCUT2D eigenvalue weighted by molar-refractivity contribution is 5.88. The lowest BCUT2D eigenvalue weighted by Crippen LogP contribution is -2.23. The van der Waals surface area contributed by atoms with E-state index >= 15 is 0 Å². The molecule has 27 heavy (non-hydrogen) atoms. The molecule has 0 radical (unpaired) electrons. The molecule has 2 aromatic carbocycles. The van der Waals surface area contributed by atoms with Crippen molar-refractivity contribution in [1.82, 2.24) is 9.89 Å². The van der Waals surface area contributed by atoms with Crippen molar-refractivity contribution in [2.75, 3.05) is 18.0 Å². The first-order valence-corrected chi connectivity index (χ1v) is 8.40. The Morgan fingerprint density at radius 3 is 2.63 bits per heavy atom. The van der Waals surface area contributed by atoms with E-state index in [0.29, 0.717) is 34.3 Å². The first kappa shape index (κ1) is 18.0. The standard InChI is InChI=1S/C18H17N7O2/c1-2-23(13-5-12-19)15-10-8-14(9-11-15)20-21-18-16-6-3-4-7-17(16)24(22-18)25(26)27/h3-4,6-11H,2,5,13H2,1H3. The van der Waals surface area contributed by atoms with E-state index in [2.05, 4.69) is 26.3 Å². The van der Waals surface area contributed by atoms with Gasteiger partial charge in [-0.05, 0) is 43.3 Å². The number of azo groups is 1. The number of para-hydroxylation sites is 1. The molecule has 3 rings (SSSR count). The molecule has 1 heterocycles. The van der Waals surface area contributed by atoms with Gasteiger partial charge in [-0.2, -0.15) is 5.26 Å². The molecule has 9 nitrogen and oxygen atoms in total. The van der Waals surface area contributed by atoms with E-state index in [9.17, 15) is 10.1 Å². The molecule has 0 bridgehead atoms. The molecule has 3 aromatic rings. The third-order valence-corrected chi connectivity index (χ3v) is 4.05. The van der Waals surface area contributed by atoms with Gasteiger partial charge in [0.05, 0.1) is 33.7 Å². The van der Waals surface area contributed by atoms with Crippen LogP contribution in [-0.4, -0.2) is 28.0 Å². The molecule has 0 aliphatic rings. The number of nitrogens with zero attached hydrogens (tertiary/aromatic N) is 7. The maximum atomic E-state index is 11.1. The smallest absolute Gasteiger partial charge is 0.320 e. The maximum Gasteiger partial charge on any atom is 0.320 e. The number of anilines is 1. The highest BCUT2D eigenvalue weighted by Crippen LogP contribution is 2.27. The van der Waals surface area contributed by atoms with Crippen molar-refractivity contribution in [3.05, 3.63) is 58.6 Å². The molecule has 0 amide bonds. The summed E-state index contributed by atoms with van der Waals surface area (Å²) < 4.78 is 0. The molecule has 0 saturated carbocycles. The molecule has 0 fully saturated rings. The highest BCUT2D eigenvalue weighted by Gasteiger charge is 2.18. The maximum absolute atomic E-state index is 11.1. The molecule has 9 heteroatoms. The van der Waals surface area contributed by atoms with Gasteiger partial charge in [0.25, 0.3) is 0 Å². The summed E-state index contributed by atoms with van der Waals surface area (Å²) in [6.45, 7) is 3.49. The van der Waals surface area contributed by atoms with Crippen LogP contribution in [0.15, 0.2) is 58.8 Å². The summed E-state index contributed by atoms with van der Waals surface area (Å²) in [7, 11) is 0. The van der Waals surface area contributed by atoms with Gasteiger partial charge in [0, 0.05) is 23.6 Å². The molecule has 0 atom stereocenters. The Morgan fingerprint density at radius 2 is 1.96 bits per heavy atom. The molecule has 0 spiro atoms. The van der Waals surface area contributed by atoms with Crippen molar-refractivity contribution in [2.45, 2.75) is 13.3 Å². The molecule has 0 aliphatic carbocycles. The zero-order valence-corrected chi connectivity index (χ0v) is 14.7. The number of nitriles is 1. The average Bonchev–Trinajstić information content (AvgIpc) is 3.07. The van der Waals surface area contributed by atoms with Crippen molar-refractivity contribution in [1.29, 1.82) is 5.26 Å². The van der Waals surface area contributed by atoms with Crippen molar-refractivity contribution < 1.29 is 5.03 Å². The number of aromatic nitrogens is 2. The van der Waals surface area contributed by atoms with E-state index in [0.717, 1.165) is 12.2 Å². The summed E-state index contributed by atoms with van der Waals surface area (Å²) in [4.78, 5) is 13.9. The van der Waals surface area contributed by atoms with Crippen LogP contribution >= 0.6 is 0 Å². The molecule has 0 aliphatic heterocycles. The van der Waals surface area contributed by atoms with Crippen LogP contribution in [0.3, 0.4) is 0 Å². The Bertz CT molecular complexity index is 1020. The van der Waals surface area contributed by atoms with Gasteiger partial charge < -0.3 is 15.0 Å². The van der Waals surface area contributed by atoms with Gasteiger partial charge in [0.1, 0.15) is 5.52 Å². The monoisotopic (exact) mass is 363 g/mol. The zero-order valence-electron chi connectivity index (χ0n) is 14.7. The Kier molecular flexibility index (Phi) is 5.37. The van der Waals surface area contributed by atoms with Crippen LogP contribution in [0.5, 0.6) is 0 Å². The predicted octanol–water partition coefficient (Wildman–Crippen LogP) is 4.23. The third-order valence-electron chi connectivity index (χ3n) is 4.05. The lowest BCUT2D eigenvalue weighted by atomic mass is 10.2. The highest BCUT2D eigenvalue weighted by atomic mass is 16.7. The fourth-order valence-electron chi connectivity index (χ4n) is 2.72. The van der Waals surface area contributed by atoms with E-state index in [1.807, 2.05) is 19.1 Å². The summed E-state index contributed by atoms with van der Waals surface area (Å²) in [5.74, 6) is 0.190. The number of benzene rings is 2. The minimum absolute atomic E-state index is 0.190. The Labute approximate surface area is 155 Å². The van der Waals surface area contributed by atoms with Crippen LogP contribution in [0.1, 0.15) is 13.3 Å². The minimum Gasteiger partial charge on any atom is -0.371 e. The van der Waals surface area contributed by atoms with E-state index < -0.39 is 5.03 Å². The molecule has 136 valence electrons. The average molecular weight is 363 g/mol. The minimum atomic E-state index is -0.600. The lowest BCUT2D eigenvalue weighted by Gasteiger charge is -2.21. The summed E-state index contributed by atoms with van der Waals surface area (Å²) in [6.07, 6.45) is 0.460. The van der Waals surface area contributed by atoms with Gasteiger partial charge in [0.2, 0.25) is 0 Å². The number of hydrogen-bond acceptors (Lipinski definition) is 7. The number of fused-ring (bicyclic) bond motifs is 1. The van der Waals surface area contributed by atoms with Crippen LogP contribution in [0.2, 0.25) is 0 Å². The number of hydrogen-bond donors (Lipinski definition) is 0. The van der Waals surface area contributed by atoms with Gasteiger partial charge in [-0.15, -0.1) is 5.11 Å². The van der Waals surface area contributed by atoms with Crippen molar-refractivity contribution in [3.63, 3.8) is 0 Å². The quantitative estimate of drug-likeness (QED) is 0.354. The van der Waals surface area contributed by atoms with Crippen LogP contribution in [0.25, 0.3) is 10.9 Å². The van der Waals surface area contributed by atoms with E-state index in [4.69, 9.17) is 5.26 Å². The summed E-state index contributed by atoms with van der Waals surface area (Å²) in [6, 6.07) is 16.4. The summed E-state index contributed by atoms with van der Waals surface area (Å²) in [5, 5.41) is 32.0. The fourth-order valence-corrected chi connectivity index (χ4v) is 2.72. The first-order valence-electron chi connectivity index (χ1n) is 8.40. The second kappa shape index (κ2) is 8.05. The molecular weight excluding hydrogens is 346 g/mol. The predicted molar refractivity (Wildman–Crippen MR) is 101 cm³/mol. The van der Waals surface area contributed by atoms with Gasteiger partial charge >= 0.3 is 5.82 Å².